The Labute approximate surface area is 110 Å². The van der Waals surface area contributed by atoms with E-state index in [1.807, 2.05) is 30.0 Å². The third-order valence-electron chi connectivity index (χ3n) is 2.53. The van der Waals surface area contributed by atoms with E-state index in [4.69, 9.17) is 5.73 Å². The Balaban J connectivity index is 2.98. The van der Waals surface area contributed by atoms with Crippen molar-refractivity contribution in [3.63, 3.8) is 0 Å². The van der Waals surface area contributed by atoms with E-state index in [0.29, 0.717) is 6.54 Å². The molecule has 0 bridgehead atoms. The van der Waals surface area contributed by atoms with Gasteiger partial charge in [0.25, 0.3) is 0 Å². The van der Waals surface area contributed by atoms with Crippen LogP contribution >= 0.6 is 15.9 Å². The predicted octanol–water partition coefficient (Wildman–Crippen LogP) is 1.81. The molecule has 0 spiro atoms. The topological polar surface area (TPSA) is 66.6 Å². The summed E-state index contributed by atoms with van der Waals surface area (Å²) in [6.45, 7) is 4.56. The van der Waals surface area contributed by atoms with Gasteiger partial charge in [-0.3, -0.25) is 4.79 Å². The largest absolute Gasteiger partial charge is 0.389 e. The first kappa shape index (κ1) is 14.0. The first-order chi connectivity index (χ1) is 7.95. The Morgan fingerprint density at radius 2 is 2.24 bits per heavy atom. The van der Waals surface area contributed by atoms with Gasteiger partial charge in [0, 0.05) is 16.7 Å². The lowest BCUT2D eigenvalue weighted by Crippen LogP contribution is -2.33. The number of likely N-dealkylation sites (N-methyl/N-ethyl adjacent to an activating group) is 1. The van der Waals surface area contributed by atoms with Gasteiger partial charge in [0.2, 0.25) is 5.91 Å². The van der Waals surface area contributed by atoms with E-state index in [2.05, 4.69) is 15.9 Å². The summed E-state index contributed by atoms with van der Waals surface area (Å²) >= 11 is 3.41. The van der Waals surface area contributed by atoms with Crippen molar-refractivity contribution in [2.45, 2.75) is 20.0 Å². The second kappa shape index (κ2) is 6.02. The summed E-state index contributed by atoms with van der Waals surface area (Å²) in [6, 6.07) is 5.60. The average Bonchev–Trinajstić information content (AvgIpc) is 2.24. The highest BCUT2D eigenvalue weighted by Gasteiger charge is 2.11. The molecule has 0 aromatic heterocycles. The molecule has 1 amide bonds. The Kier molecular flexibility index (Phi) is 4.96. The third-order valence-corrected chi connectivity index (χ3v) is 3.21. The van der Waals surface area contributed by atoms with Gasteiger partial charge in [-0.25, -0.2) is 0 Å². The number of aliphatic hydroxyl groups excluding tert-OH is 1. The maximum atomic E-state index is 10.9. The SMILES string of the molecule is CCN(CC(N)=O)c1ccc([C@H](C)O)c(Br)c1. The van der Waals surface area contributed by atoms with Gasteiger partial charge in [-0.05, 0) is 31.5 Å². The van der Waals surface area contributed by atoms with Crippen molar-refractivity contribution in [2.75, 3.05) is 18.0 Å². The number of carbonyl (C=O) groups excluding carboxylic acids is 1. The number of halogens is 1. The lowest BCUT2D eigenvalue weighted by molar-refractivity contribution is -0.116. The van der Waals surface area contributed by atoms with Crippen LogP contribution in [0.25, 0.3) is 0 Å². The van der Waals surface area contributed by atoms with Crippen LogP contribution in [0.4, 0.5) is 5.69 Å². The van der Waals surface area contributed by atoms with Crippen LogP contribution in [0.5, 0.6) is 0 Å². The predicted molar refractivity (Wildman–Crippen MR) is 71.9 cm³/mol. The molecule has 5 heteroatoms. The molecule has 1 rings (SSSR count). The van der Waals surface area contributed by atoms with Gasteiger partial charge in [-0.2, -0.15) is 0 Å². The molecular formula is C12H17BrN2O2. The summed E-state index contributed by atoms with van der Waals surface area (Å²) in [6.07, 6.45) is -0.523. The molecule has 94 valence electrons. The van der Waals surface area contributed by atoms with Crippen LogP contribution in [0, 0.1) is 0 Å². The zero-order chi connectivity index (χ0) is 13.0. The fraction of sp³-hybridized carbons (Fsp3) is 0.417. The van der Waals surface area contributed by atoms with Crippen LogP contribution in [0.15, 0.2) is 22.7 Å². The molecule has 3 N–H and O–H groups in total. The number of benzene rings is 1. The van der Waals surface area contributed by atoms with E-state index in [1.54, 1.807) is 6.92 Å². The normalized spacial score (nSPS) is 12.2. The molecule has 0 fully saturated rings. The van der Waals surface area contributed by atoms with Crippen LogP contribution in [-0.4, -0.2) is 24.1 Å². The summed E-state index contributed by atoms with van der Waals surface area (Å²) in [5, 5.41) is 9.52. The number of rotatable bonds is 5. The molecule has 1 aromatic carbocycles. The second-order valence-electron chi connectivity index (χ2n) is 3.86. The summed E-state index contributed by atoms with van der Waals surface area (Å²) in [7, 11) is 0. The maximum Gasteiger partial charge on any atom is 0.236 e. The number of carbonyl (C=O) groups is 1. The van der Waals surface area contributed by atoms with Crippen LogP contribution in [0.2, 0.25) is 0 Å². The van der Waals surface area contributed by atoms with Gasteiger partial charge < -0.3 is 15.7 Å². The highest BCUT2D eigenvalue weighted by Crippen LogP contribution is 2.28. The Morgan fingerprint density at radius 3 is 2.65 bits per heavy atom. The van der Waals surface area contributed by atoms with E-state index in [-0.39, 0.29) is 12.5 Å². The highest BCUT2D eigenvalue weighted by molar-refractivity contribution is 9.10. The molecule has 0 unspecified atom stereocenters. The molecule has 17 heavy (non-hydrogen) atoms. The number of aliphatic hydroxyl groups is 1. The fourth-order valence-electron chi connectivity index (χ4n) is 1.63. The fourth-order valence-corrected chi connectivity index (χ4v) is 2.32. The first-order valence-electron chi connectivity index (χ1n) is 5.46. The van der Waals surface area contributed by atoms with Crippen LogP contribution in [0.3, 0.4) is 0 Å². The van der Waals surface area contributed by atoms with Gasteiger partial charge in [0.05, 0.1) is 12.6 Å². The summed E-state index contributed by atoms with van der Waals surface area (Å²) in [5.41, 5.74) is 6.92. The monoisotopic (exact) mass is 300 g/mol. The minimum atomic E-state index is -0.523. The summed E-state index contributed by atoms with van der Waals surface area (Å²) in [5.74, 6) is -0.359. The van der Waals surface area contributed by atoms with E-state index in [9.17, 15) is 9.90 Å². The molecule has 0 aliphatic carbocycles. The maximum absolute atomic E-state index is 10.9. The molecule has 0 saturated heterocycles. The Bertz CT molecular complexity index is 407. The van der Waals surface area contributed by atoms with Crippen molar-refractivity contribution in [1.29, 1.82) is 0 Å². The first-order valence-corrected chi connectivity index (χ1v) is 6.25. The number of nitrogens with two attached hydrogens (primary N) is 1. The van der Waals surface area contributed by atoms with Gasteiger partial charge in [-0.15, -0.1) is 0 Å². The molecule has 4 nitrogen and oxygen atoms in total. The van der Waals surface area contributed by atoms with Crippen LogP contribution in [0.1, 0.15) is 25.5 Å². The number of amides is 1. The molecule has 0 saturated carbocycles. The Hall–Kier alpha value is -1.07. The minimum absolute atomic E-state index is 0.191. The molecule has 0 heterocycles. The standard InChI is InChI=1S/C12H17BrN2O2/c1-3-15(7-12(14)17)9-4-5-10(8(2)16)11(13)6-9/h4-6,8,16H,3,7H2,1-2H3,(H2,14,17)/t8-/m0/s1. The van der Waals surface area contributed by atoms with E-state index in [1.165, 1.54) is 0 Å². The number of nitrogens with zero attached hydrogens (tertiary/aromatic N) is 1. The molecule has 1 atom stereocenters. The lowest BCUT2D eigenvalue weighted by Gasteiger charge is -2.22. The van der Waals surface area contributed by atoms with Crippen molar-refractivity contribution in [3.8, 4) is 0 Å². The number of hydrogen-bond acceptors (Lipinski definition) is 3. The van der Waals surface area contributed by atoms with Gasteiger partial charge >= 0.3 is 0 Å². The van der Waals surface area contributed by atoms with E-state index < -0.39 is 6.10 Å². The molecule has 1 aromatic rings. The zero-order valence-electron chi connectivity index (χ0n) is 9.98. The van der Waals surface area contributed by atoms with Crippen molar-refractivity contribution in [1.82, 2.24) is 0 Å². The Morgan fingerprint density at radius 1 is 1.59 bits per heavy atom. The summed E-state index contributed by atoms with van der Waals surface area (Å²) in [4.78, 5) is 12.8. The molecule has 0 radical (unpaired) electrons. The average molecular weight is 301 g/mol. The van der Waals surface area contributed by atoms with Crippen molar-refractivity contribution in [3.05, 3.63) is 28.2 Å². The number of hydrogen-bond donors (Lipinski definition) is 2. The quantitative estimate of drug-likeness (QED) is 0.871. The summed E-state index contributed by atoms with van der Waals surface area (Å²) < 4.78 is 0.827. The number of anilines is 1. The third kappa shape index (κ3) is 3.71. The smallest absolute Gasteiger partial charge is 0.236 e. The van der Waals surface area contributed by atoms with Crippen molar-refractivity contribution >= 4 is 27.5 Å². The van der Waals surface area contributed by atoms with Crippen LogP contribution < -0.4 is 10.6 Å². The molecular weight excluding hydrogens is 284 g/mol. The number of primary amides is 1. The van der Waals surface area contributed by atoms with Crippen LogP contribution in [-0.2, 0) is 4.79 Å². The molecule has 0 aliphatic heterocycles. The lowest BCUT2D eigenvalue weighted by atomic mass is 10.1. The second-order valence-corrected chi connectivity index (χ2v) is 4.72. The van der Waals surface area contributed by atoms with Crippen molar-refractivity contribution < 1.29 is 9.90 Å². The zero-order valence-corrected chi connectivity index (χ0v) is 11.6. The van der Waals surface area contributed by atoms with Gasteiger partial charge in [0.15, 0.2) is 0 Å². The van der Waals surface area contributed by atoms with Gasteiger partial charge in [-0.1, -0.05) is 22.0 Å². The highest BCUT2D eigenvalue weighted by atomic mass is 79.9. The van der Waals surface area contributed by atoms with Gasteiger partial charge in [0.1, 0.15) is 0 Å². The van der Waals surface area contributed by atoms with Crippen molar-refractivity contribution in [2.24, 2.45) is 5.73 Å². The molecule has 0 aliphatic rings. The minimum Gasteiger partial charge on any atom is -0.389 e. The van der Waals surface area contributed by atoms with E-state index in [0.717, 1.165) is 15.7 Å². The van der Waals surface area contributed by atoms with E-state index >= 15 is 0 Å².